The van der Waals surface area contributed by atoms with Crippen molar-refractivity contribution in [1.29, 1.82) is 0 Å². The van der Waals surface area contributed by atoms with Gasteiger partial charge in [-0.25, -0.2) is 9.97 Å². The summed E-state index contributed by atoms with van der Waals surface area (Å²) < 4.78 is -1.72. The predicted molar refractivity (Wildman–Crippen MR) is 113 cm³/mol. The third-order valence-corrected chi connectivity index (χ3v) is 4.67. The second kappa shape index (κ2) is 7.00. The second-order valence-corrected chi connectivity index (χ2v) is 8.27. The molecule has 2 aromatic carbocycles. The van der Waals surface area contributed by atoms with Crippen LogP contribution < -0.4 is 5.43 Å². The first-order chi connectivity index (χ1) is 12.9. The number of alkyl halides is 3. The van der Waals surface area contributed by atoms with E-state index < -0.39 is 3.79 Å². The lowest BCUT2D eigenvalue weighted by atomic mass is 10.1. The van der Waals surface area contributed by atoms with Crippen LogP contribution in [0, 0.1) is 6.92 Å². The Labute approximate surface area is 170 Å². The Morgan fingerprint density at radius 1 is 1.00 bits per heavy atom. The predicted octanol–water partition coefficient (Wildman–Crippen LogP) is 5.69. The summed E-state index contributed by atoms with van der Waals surface area (Å²) in [6, 6.07) is 15.5. The van der Waals surface area contributed by atoms with E-state index in [2.05, 4.69) is 25.5 Å². The van der Waals surface area contributed by atoms with E-state index in [1.165, 1.54) is 0 Å². The van der Waals surface area contributed by atoms with E-state index in [1.54, 1.807) is 6.21 Å². The summed E-state index contributed by atoms with van der Waals surface area (Å²) in [7, 11) is 0. The molecular weight excluding hydrogens is 405 g/mol. The van der Waals surface area contributed by atoms with Gasteiger partial charge in [-0.15, -0.1) is 0 Å². The van der Waals surface area contributed by atoms with Crippen LogP contribution in [0.4, 0.5) is 5.82 Å². The van der Waals surface area contributed by atoms with Gasteiger partial charge in [-0.1, -0.05) is 65.1 Å². The Bertz CT molecular complexity index is 1160. The van der Waals surface area contributed by atoms with Crippen LogP contribution in [0.5, 0.6) is 0 Å². The molecule has 2 N–H and O–H groups in total. The molecule has 4 rings (SSSR count). The fourth-order valence-electron chi connectivity index (χ4n) is 2.91. The summed E-state index contributed by atoms with van der Waals surface area (Å²) in [6.45, 7) is 2.00. The van der Waals surface area contributed by atoms with Gasteiger partial charge in [0.05, 0.1) is 11.7 Å². The number of hydrazone groups is 1. The van der Waals surface area contributed by atoms with Crippen molar-refractivity contribution in [1.82, 2.24) is 15.0 Å². The third kappa shape index (κ3) is 3.58. The van der Waals surface area contributed by atoms with Gasteiger partial charge < -0.3 is 4.98 Å². The van der Waals surface area contributed by atoms with Gasteiger partial charge in [0.15, 0.2) is 11.6 Å². The third-order valence-electron chi connectivity index (χ3n) is 4.16. The van der Waals surface area contributed by atoms with E-state index in [9.17, 15) is 0 Å². The van der Waals surface area contributed by atoms with Gasteiger partial charge >= 0.3 is 0 Å². The highest BCUT2D eigenvalue weighted by Crippen LogP contribution is 2.37. The Morgan fingerprint density at radius 2 is 1.70 bits per heavy atom. The number of halogens is 3. The van der Waals surface area contributed by atoms with Crippen molar-refractivity contribution in [2.75, 3.05) is 5.43 Å². The van der Waals surface area contributed by atoms with Crippen molar-refractivity contribution < 1.29 is 0 Å². The van der Waals surface area contributed by atoms with Gasteiger partial charge in [0, 0.05) is 27.5 Å². The molecule has 0 fully saturated rings. The summed E-state index contributed by atoms with van der Waals surface area (Å²) in [5, 5.41) is 6.23. The summed E-state index contributed by atoms with van der Waals surface area (Å²) in [5.41, 5.74) is 6.70. The number of para-hydroxylation sites is 2. The van der Waals surface area contributed by atoms with Gasteiger partial charge in [-0.05, 0) is 25.1 Å². The topological polar surface area (TPSA) is 66.0 Å². The van der Waals surface area contributed by atoms with Crippen molar-refractivity contribution in [3.8, 4) is 0 Å². The van der Waals surface area contributed by atoms with Crippen LogP contribution in [0.2, 0.25) is 0 Å². The van der Waals surface area contributed by atoms with Crippen LogP contribution in [0.15, 0.2) is 53.6 Å². The van der Waals surface area contributed by atoms with Crippen molar-refractivity contribution in [3.63, 3.8) is 0 Å². The molecule has 0 aliphatic carbocycles. The molecule has 0 aliphatic rings. The fraction of sp³-hybridized carbons (Fsp3) is 0.105. The highest BCUT2D eigenvalue weighted by atomic mass is 35.6. The molecule has 2 heterocycles. The highest BCUT2D eigenvalue weighted by molar-refractivity contribution is 6.66. The van der Waals surface area contributed by atoms with Gasteiger partial charge in [-0.3, -0.25) is 5.43 Å². The Kier molecular flexibility index (Phi) is 4.68. The van der Waals surface area contributed by atoms with Crippen LogP contribution in [0.25, 0.3) is 21.8 Å². The molecule has 136 valence electrons. The van der Waals surface area contributed by atoms with Crippen LogP contribution in [0.1, 0.15) is 17.1 Å². The molecule has 0 saturated heterocycles. The molecule has 0 spiro atoms. The van der Waals surface area contributed by atoms with E-state index in [4.69, 9.17) is 34.8 Å². The van der Waals surface area contributed by atoms with E-state index in [0.29, 0.717) is 11.3 Å². The molecule has 0 bridgehead atoms. The summed E-state index contributed by atoms with van der Waals surface area (Å²) >= 11 is 17.9. The van der Waals surface area contributed by atoms with Crippen LogP contribution in [-0.2, 0) is 3.79 Å². The molecule has 0 atom stereocenters. The molecule has 4 aromatic rings. The number of hydrogen-bond acceptors (Lipinski definition) is 4. The summed E-state index contributed by atoms with van der Waals surface area (Å²) in [5.74, 6) is 0.558. The van der Waals surface area contributed by atoms with Gasteiger partial charge in [0.1, 0.15) is 0 Å². The number of aromatic amines is 1. The maximum absolute atomic E-state index is 5.97. The lowest BCUT2D eigenvalue weighted by Gasteiger charge is -2.12. The quantitative estimate of drug-likeness (QED) is 0.255. The number of rotatable bonds is 3. The average Bonchev–Trinajstić information content (AvgIpc) is 2.96. The largest absolute Gasteiger partial charge is 0.358 e. The SMILES string of the molecule is Cc1[nH]c2ccccc2c1C=NNc1nc(C(Cl)(Cl)Cl)nc2ccccc12. The average molecular weight is 419 g/mol. The van der Waals surface area contributed by atoms with Crippen molar-refractivity contribution >= 4 is 68.6 Å². The number of nitrogens with zero attached hydrogens (tertiary/aromatic N) is 3. The number of benzene rings is 2. The van der Waals surface area contributed by atoms with Crippen molar-refractivity contribution in [2.24, 2.45) is 5.10 Å². The number of H-pyrrole nitrogens is 1. The normalized spacial score (nSPS) is 12.3. The first-order valence-corrected chi connectivity index (χ1v) is 9.27. The minimum absolute atomic E-state index is 0.0900. The molecule has 0 amide bonds. The number of anilines is 1. The molecule has 0 unspecified atom stereocenters. The minimum Gasteiger partial charge on any atom is -0.358 e. The number of aryl methyl sites for hydroxylation is 1. The van der Waals surface area contributed by atoms with Gasteiger partial charge in [-0.2, -0.15) is 5.10 Å². The fourth-order valence-corrected chi connectivity index (χ4v) is 3.16. The molecule has 0 aliphatic heterocycles. The van der Waals surface area contributed by atoms with Crippen LogP contribution >= 0.6 is 34.8 Å². The molecule has 5 nitrogen and oxygen atoms in total. The van der Waals surface area contributed by atoms with Crippen molar-refractivity contribution in [2.45, 2.75) is 10.7 Å². The van der Waals surface area contributed by atoms with E-state index in [0.717, 1.165) is 27.5 Å². The first kappa shape index (κ1) is 18.0. The van der Waals surface area contributed by atoms with E-state index in [-0.39, 0.29) is 5.82 Å². The molecule has 0 radical (unpaired) electrons. The zero-order valence-electron chi connectivity index (χ0n) is 14.2. The standard InChI is InChI=1S/C19H14Cl3N5/c1-11-14(12-6-2-4-8-15(12)24-11)10-23-27-17-13-7-3-5-9-16(13)25-18(26-17)19(20,21)22/h2-10,24H,1H3,(H,25,26,27). The lowest BCUT2D eigenvalue weighted by molar-refractivity contribution is 0.992. The lowest BCUT2D eigenvalue weighted by Crippen LogP contribution is -2.09. The first-order valence-electron chi connectivity index (χ1n) is 8.14. The minimum atomic E-state index is -1.72. The van der Waals surface area contributed by atoms with E-state index >= 15 is 0 Å². The Morgan fingerprint density at radius 3 is 2.48 bits per heavy atom. The monoisotopic (exact) mass is 417 g/mol. The second-order valence-electron chi connectivity index (χ2n) is 5.99. The Balaban J connectivity index is 1.73. The van der Waals surface area contributed by atoms with Crippen LogP contribution in [-0.4, -0.2) is 21.2 Å². The summed E-state index contributed by atoms with van der Waals surface area (Å²) in [4.78, 5) is 12.0. The number of hydrogen-bond donors (Lipinski definition) is 2. The maximum Gasteiger partial charge on any atom is 0.250 e. The van der Waals surface area contributed by atoms with Crippen molar-refractivity contribution in [3.05, 3.63) is 65.6 Å². The maximum atomic E-state index is 5.97. The van der Waals surface area contributed by atoms with Crippen LogP contribution in [0.3, 0.4) is 0 Å². The van der Waals surface area contributed by atoms with Gasteiger partial charge in [0.25, 0.3) is 0 Å². The van der Waals surface area contributed by atoms with Gasteiger partial charge in [0.2, 0.25) is 3.79 Å². The molecule has 0 saturated carbocycles. The molecule has 8 heteroatoms. The Hall–Kier alpha value is -2.34. The summed E-state index contributed by atoms with van der Waals surface area (Å²) in [6.07, 6.45) is 1.75. The number of aromatic nitrogens is 3. The zero-order chi connectivity index (χ0) is 19.0. The smallest absolute Gasteiger partial charge is 0.250 e. The zero-order valence-corrected chi connectivity index (χ0v) is 16.4. The number of nitrogens with one attached hydrogen (secondary N) is 2. The number of fused-ring (bicyclic) bond motifs is 2. The molecule has 27 heavy (non-hydrogen) atoms. The van der Waals surface area contributed by atoms with E-state index in [1.807, 2.05) is 55.5 Å². The highest BCUT2D eigenvalue weighted by Gasteiger charge is 2.28. The molecular formula is C19H14Cl3N5. The molecule has 2 aromatic heterocycles.